The van der Waals surface area contributed by atoms with Gasteiger partial charge in [-0.1, -0.05) is 18.2 Å². The quantitative estimate of drug-likeness (QED) is 0.890. The van der Waals surface area contributed by atoms with E-state index in [1.165, 1.54) is 5.56 Å². The number of hydrogen-bond donors (Lipinski definition) is 2. The topological polar surface area (TPSA) is 67.0 Å². The fourth-order valence-corrected chi connectivity index (χ4v) is 3.05. The summed E-state index contributed by atoms with van der Waals surface area (Å²) in [6, 6.07) is 8.10. The largest absolute Gasteiger partial charge is 0.493 e. The molecule has 0 spiro atoms. The third kappa shape index (κ3) is 3.73. The summed E-state index contributed by atoms with van der Waals surface area (Å²) in [5.74, 6) is 1.40. The van der Waals surface area contributed by atoms with Gasteiger partial charge in [0.1, 0.15) is 5.75 Å². The van der Waals surface area contributed by atoms with Crippen molar-refractivity contribution in [1.82, 2.24) is 15.5 Å². The van der Waals surface area contributed by atoms with Crippen LogP contribution >= 0.6 is 0 Å². The van der Waals surface area contributed by atoms with Gasteiger partial charge in [-0.05, 0) is 43.9 Å². The minimum absolute atomic E-state index is 0.0869. The Balaban J connectivity index is 1.45. The maximum absolute atomic E-state index is 12.1. The van der Waals surface area contributed by atoms with E-state index < -0.39 is 0 Å². The standard InChI is InChI=1S/C18H23N3O2/c1-12-16(13(2)21-20-12)7-8-18(22)19-10-14-9-15-5-3-4-6-17(15)23-11-14/h3-6,14H,7-11H2,1-2H3,(H,19,22)(H,20,21). The molecule has 1 unspecified atom stereocenters. The van der Waals surface area contributed by atoms with Crippen molar-refractivity contribution in [3.05, 3.63) is 46.8 Å². The number of fused-ring (bicyclic) bond motifs is 1. The number of H-pyrrole nitrogens is 1. The maximum Gasteiger partial charge on any atom is 0.220 e. The normalized spacial score (nSPS) is 16.5. The lowest BCUT2D eigenvalue weighted by Gasteiger charge is -2.25. The summed E-state index contributed by atoms with van der Waals surface area (Å²) in [5.41, 5.74) is 4.40. The van der Waals surface area contributed by atoms with Crippen molar-refractivity contribution in [2.24, 2.45) is 5.92 Å². The van der Waals surface area contributed by atoms with Crippen LogP contribution in [0.15, 0.2) is 24.3 Å². The molecule has 0 radical (unpaired) electrons. The van der Waals surface area contributed by atoms with Crippen molar-refractivity contribution < 1.29 is 9.53 Å². The van der Waals surface area contributed by atoms with E-state index in [-0.39, 0.29) is 5.91 Å². The number of para-hydroxylation sites is 1. The van der Waals surface area contributed by atoms with Crippen molar-refractivity contribution in [2.45, 2.75) is 33.1 Å². The zero-order valence-electron chi connectivity index (χ0n) is 13.7. The highest BCUT2D eigenvalue weighted by Gasteiger charge is 2.20. The van der Waals surface area contributed by atoms with Gasteiger partial charge in [-0.15, -0.1) is 0 Å². The van der Waals surface area contributed by atoms with E-state index in [1.807, 2.05) is 32.0 Å². The summed E-state index contributed by atoms with van der Waals surface area (Å²) in [7, 11) is 0. The zero-order valence-corrected chi connectivity index (χ0v) is 13.7. The molecule has 5 heteroatoms. The Morgan fingerprint density at radius 1 is 1.39 bits per heavy atom. The Kier molecular flexibility index (Phi) is 4.65. The number of nitrogens with one attached hydrogen (secondary N) is 2. The SMILES string of the molecule is Cc1n[nH]c(C)c1CCC(=O)NCC1COc2ccccc2C1. The van der Waals surface area contributed by atoms with Gasteiger partial charge in [0.2, 0.25) is 5.91 Å². The lowest BCUT2D eigenvalue weighted by Crippen LogP contribution is -2.34. The number of ether oxygens (including phenoxy) is 1. The Morgan fingerprint density at radius 2 is 2.22 bits per heavy atom. The first-order valence-corrected chi connectivity index (χ1v) is 8.11. The van der Waals surface area contributed by atoms with E-state index in [1.54, 1.807) is 0 Å². The van der Waals surface area contributed by atoms with Crippen LogP contribution in [0, 0.1) is 19.8 Å². The molecule has 1 aromatic carbocycles. The van der Waals surface area contributed by atoms with E-state index in [0.29, 0.717) is 25.5 Å². The number of aryl methyl sites for hydroxylation is 2. The van der Waals surface area contributed by atoms with Gasteiger partial charge >= 0.3 is 0 Å². The van der Waals surface area contributed by atoms with Crippen LogP contribution in [-0.2, 0) is 17.6 Å². The molecule has 23 heavy (non-hydrogen) atoms. The molecule has 0 bridgehead atoms. The van der Waals surface area contributed by atoms with Crippen LogP contribution in [0.1, 0.15) is 28.9 Å². The molecule has 1 aliphatic rings. The fraction of sp³-hybridized carbons (Fsp3) is 0.444. The van der Waals surface area contributed by atoms with Crippen LogP contribution in [0.5, 0.6) is 5.75 Å². The van der Waals surface area contributed by atoms with E-state index in [2.05, 4.69) is 21.6 Å². The number of hydrogen-bond acceptors (Lipinski definition) is 3. The summed E-state index contributed by atoms with van der Waals surface area (Å²) in [4.78, 5) is 12.1. The molecule has 0 saturated carbocycles. The van der Waals surface area contributed by atoms with Gasteiger partial charge in [0.15, 0.2) is 0 Å². The smallest absolute Gasteiger partial charge is 0.220 e. The molecule has 122 valence electrons. The van der Waals surface area contributed by atoms with E-state index in [0.717, 1.165) is 35.5 Å². The monoisotopic (exact) mass is 313 g/mol. The van der Waals surface area contributed by atoms with Crippen molar-refractivity contribution in [1.29, 1.82) is 0 Å². The van der Waals surface area contributed by atoms with Crippen molar-refractivity contribution >= 4 is 5.91 Å². The number of amides is 1. The van der Waals surface area contributed by atoms with E-state index in [9.17, 15) is 4.79 Å². The molecule has 2 aromatic rings. The van der Waals surface area contributed by atoms with Gasteiger partial charge in [0.05, 0.1) is 12.3 Å². The number of benzene rings is 1. The van der Waals surface area contributed by atoms with Gasteiger partial charge in [0.25, 0.3) is 0 Å². The van der Waals surface area contributed by atoms with E-state index in [4.69, 9.17) is 4.74 Å². The highest BCUT2D eigenvalue weighted by molar-refractivity contribution is 5.76. The van der Waals surface area contributed by atoms with Gasteiger partial charge in [-0.25, -0.2) is 0 Å². The highest BCUT2D eigenvalue weighted by atomic mass is 16.5. The average Bonchev–Trinajstić information content (AvgIpc) is 2.89. The second-order valence-corrected chi connectivity index (χ2v) is 6.21. The van der Waals surface area contributed by atoms with Crippen LogP contribution in [0.4, 0.5) is 0 Å². The molecule has 5 nitrogen and oxygen atoms in total. The Hall–Kier alpha value is -2.30. The molecule has 1 atom stereocenters. The third-order valence-corrected chi connectivity index (χ3v) is 4.43. The number of aromatic nitrogens is 2. The fourth-order valence-electron chi connectivity index (χ4n) is 3.05. The number of carbonyl (C=O) groups is 1. The summed E-state index contributed by atoms with van der Waals surface area (Å²) in [6.45, 7) is 5.28. The van der Waals surface area contributed by atoms with Crippen LogP contribution in [-0.4, -0.2) is 29.3 Å². The molecule has 2 heterocycles. The molecule has 0 saturated heterocycles. The molecule has 2 N–H and O–H groups in total. The van der Waals surface area contributed by atoms with Crippen molar-refractivity contribution in [2.75, 3.05) is 13.2 Å². The highest BCUT2D eigenvalue weighted by Crippen LogP contribution is 2.26. The van der Waals surface area contributed by atoms with Crippen LogP contribution in [0.3, 0.4) is 0 Å². The number of carbonyl (C=O) groups excluding carboxylic acids is 1. The first-order chi connectivity index (χ1) is 11.1. The molecule has 0 aliphatic carbocycles. The van der Waals surface area contributed by atoms with E-state index >= 15 is 0 Å². The number of aromatic amines is 1. The van der Waals surface area contributed by atoms with Crippen LogP contribution in [0.2, 0.25) is 0 Å². The molecule has 0 fully saturated rings. The minimum Gasteiger partial charge on any atom is -0.493 e. The number of nitrogens with zero attached hydrogens (tertiary/aromatic N) is 1. The average molecular weight is 313 g/mol. The number of rotatable bonds is 5. The molecule has 1 aliphatic heterocycles. The molecular formula is C18H23N3O2. The molecule has 3 rings (SSSR count). The third-order valence-electron chi connectivity index (χ3n) is 4.43. The Bertz CT molecular complexity index is 674. The van der Waals surface area contributed by atoms with Crippen molar-refractivity contribution in [3.8, 4) is 5.75 Å². The molecular weight excluding hydrogens is 290 g/mol. The summed E-state index contributed by atoms with van der Waals surface area (Å²) in [6.07, 6.45) is 2.17. The lowest BCUT2D eigenvalue weighted by atomic mass is 9.96. The predicted octanol–water partition coefficient (Wildman–Crippen LogP) is 2.33. The first-order valence-electron chi connectivity index (χ1n) is 8.11. The maximum atomic E-state index is 12.1. The second kappa shape index (κ2) is 6.86. The van der Waals surface area contributed by atoms with Gasteiger partial charge < -0.3 is 10.1 Å². The Labute approximate surface area is 136 Å². The minimum atomic E-state index is 0.0869. The van der Waals surface area contributed by atoms with Crippen molar-refractivity contribution in [3.63, 3.8) is 0 Å². The Morgan fingerprint density at radius 3 is 3.00 bits per heavy atom. The molecule has 1 aromatic heterocycles. The second-order valence-electron chi connectivity index (χ2n) is 6.21. The first kappa shape index (κ1) is 15.6. The molecule has 1 amide bonds. The van der Waals surface area contributed by atoms with Gasteiger partial charge in [-0.3, -0.25) is 9.89 Å². The van der Waals surface area contributed by atoms with Gasteiger partial charge in [-0.2, -0.15) is 5.10 Å². The van der Waals surface area contributed by atoms with Gasteiger partial charge in [0, 0.05) is 24.6 Å². The predicted molar refractivity (Wildman–Crippen MR) is 88.5 cm³/mol. The lowest BCUT2D eigenvalue weighted by molar-refractivity contribution is -0.121. The zero-order chi connectivity index (χ0) is 16.2. The summed E-state index contributed by atoms with van der Waals surface area (Å²) in [5, 5.41) is 10.2. The summed E-state index contributed by atoms with van der Waals surface area (Å²) < 4.78 is 5.75. The van der Waals surface area contributed by atoms with Crippen LogP contribution < -0.4 is 10.1 Å². The van der Waals surface area contributed by atoms with Crippen LogP contribution in [0.25, 0.3) is 0 Å². The summed E-state index contributed by atoms with van der Waals surface area (Å²) >= 11 is 0.